The van der Waals surface area contributed by atoms with Crippen LogP contribution in [0.15, 0.2) is 66.7 Å². The van der Waals surface area contributed by atoms with Crippen LogP contribution in [-0.4, -0.2) is 20.1 Å². The molecule has 0 saturated heterocycles. The average molecular weight is 359 g/mol. The first kappa shape index (κ1) is 17.2. The number of benzene rings is 3. The van der Waals surface area contributed by atoms with E-state index in [1.165, 1.54) is 5.56 Å². The van der Waals surface area contributed by atoms with Crippen LogP contribution < -0.4 is 14.8 Å². The molecule has 0 spiro atoms. The molecular formula is C23H21NO3. The minimum atomic E-state index is -0.0154. The summed E-state index contributed by atoms with van der Waals surface area (Å²) < 4.78 is 10.8. The van der Waals surface area contributed by atoms with Crippen molar-refractivity contribution >= 4 is 11.6 Å². The van der Waals surface area contributed by atoms with Gasteiger partial charge in [-0.05, 0) is 28.3 Å². The lowest BCUT2D eigenvalue weighted by Gasteiger charge is -2.27. The molecule has 0 aromatic heterocycles. The zero-order valence-corrected chi connectivity index (χ0v) is 15.4. The van der Waals surface area contributed by atoms with Crippen molar-refractivity contribution in [1.82, 2.24) is 0 Å². The summed E-state index contributed by atoms with van der Waals surface area (Å²) in [5.41, 5.74) is 5.27. The summed E-state index contributed by atoms with van der Waals surface area (Å²) in [4.78, 5) is 12.3. The van der Waals surface area contributed by atoms with Gasteiger partial charge in [0.05, 0.1) is 14.2 Å². The molecule has 3 aromatic carbocycles. The van der Waals surface area contributed by atoms with Gasteiger partial charge in [-0.3, -0.25) is 4.79 Å². The summed E-state index contributed by atoms with van der Waals surface area (Å²) in [5.74, 6) is 1.26. The van der Waals surface area contributed by atoms with Gasteiger partial charge in [-0.25, -0.2) is 0 Å². The molecule has 1 heterocycles. The fourth-order valence-corrected chi connectivity index (χ4v) is 3.62. The zero-order chi connectivity index (χ0) is 18.8. The highest BCUT2D eigenvalue weighted by Gasteiger charge is 2.28. The van der Waals surface area contributed by atoms with Crippen LogP contribution in [0.2, 0.25) is 0 Å². The van der Waals surface area contributed by atoms with E-state index in [2.05, 4.69) is 41.7 Å². The van der Waals surface area contributed by atoms with Gasteiger partial charge in [0.2, 0.25) is 5.91 Å². The summed E-state index contributed by atoms with van der Waals surface area (Å²) in [6.07, 6.45) is 0.410. The van der Waals surface area contributed by atoms with Crippen molar-refractivity contribution < 1.29 is 14.3 Å². The molecule has 0 aliphatic carbocycles. The Morgan fingerprint density at radius 3 is 2.15 bits per heavy atom. The maximum Gasteiger partial charge on any atom is 0.225 e. The molecular weight excluding hydrogens is 338 g/mol. The third-order valence-corrected chi connectivity index (χ3v) is 5.01. The quantitative estimate of drug-likeness (QED) is 0.725. The molecule has 0 fully saturated rings. The van der Waals surface area contributed by atoms with Crippen molar-refractivity contribution in [2.24, 2.45) is 0 Å². The van der Waals surface area contributed by atoms with E-state index in [0.717, 1.165) is 22.4 Å². The summed E-state index contributed by atoms with van der Waals surface area (Å²) in [6, 6.07) is 22.5. The number of fused-ring (bicyclic) bond motifs is 1. The molecule has 1 aliphatic rings. The first-order chi connectivity index (χ1) is 13.2. The number of carbonyl (C=O) groups is 1. The van der Waals surface area contributed by atoms with Gasteiger partial charge in [-0.15, -0.1) is 0 Å². The maximum absolute atomic E-state index is 12.3. The molecule has 136 valence electrons. The van der Waals surface area contributed by atoms with E-state index in [4.69, 9.17) is 9.47 Å². The molecule has 4 nitrogen and oxygen atoms in total. The van der Waals surface area contributed by atoms with Crippen LogP contribution in [0.25, 0.3) is 11.1 Å². The second-order valence-corrected chi connectivity index (χ2v) is 6.59. The van der Waals surface area contributed by atoms with Crippen molar-refractivity contribution in [3.8, 4) is 22.6 Å². The number of ether oxygens (including phenoxy) is 2. The van der Waals surface area contributed by atoms with E-state index in [1.54, 1.807) is 14.2 Å². The van der Waals surface area contributed by atoms with E-state index < -0.39 is 0 Å². The van der Waals surface area contributed by atoms with Crippen molar-refractivity contribution in [2.75, 3.05) is 19.5 Å². The number of anilines is 1. The molecule has 1 amide bonds. The van der Waals surface area contributed by atoms with Gasteiger partial charge >= 0.3 is 0 Å². The SMILES string of the molecule is COc1cc2c(cc1OC)[C@@H](c1ccc(-c3ccccc3)cc1)CC(=O)N2. The zero-order valence-electron chi connectivity index (χ0n) is 15.4. The molecule has 0 radical (unpaired) electrons. The lowest BCUT2D eigenvalue weighted by Crippen LogP contribution is -2.23. The van der Waals surface area contributed by atoms with Gasteiger partial charge in [0.15, 0.2) is 11.5 Å². The van der Waals surface area contributed by atoms with Crippen LogP contribution in [0.4, 0.5) is 5.69 Å². The Bertz CT molecular complexity index is 965. The Hall–Kier alpha value is -3.27. The Labute approximate surface area is 158 Å². The first-order valence-corrected chi connectivity index (χ1v) is 8.90. The number of rotatable bonds is 4. The van der Waals surface area contributed by atoms with Crippen LogP contribution in [0.5, 0.6) is 11.5 Å². The van der Waals surface area contributed by atoms with Gasteiger partial charge in [-0.1, -0.05) is 54.6 Å². The van der Waals surface area contributed by atoms with Crippen LogP contribution >= 0.6 is 0 Å². The highest BCUT2D eigenvalue weighted by atomic mass is 16.5. The summed E-state index contributed by atoms with van der Waals surface area (Å²) >= 11 is 0. The monoisotopic (exact) mass is 359 g/mol. The largest absolute Gasteiger partial charge is 0.493 e. The summed E-state index contributed by atoms with van der Waals surface area (Å²) in [7, 11) is 3.21. The van der Waals surface area contributed by atoms with E-state index in [-0.39, 0.29) is 11.8 Å². The van der Waals surface area contributed by atoms with Crippen LogP contribution in [-0.2, 0) is 4.79 Å². The molecule has 0 bridgehead atoms. The van der Waals surface area contributed by atoms with Crippen LogP contribution in [0.1, 0.15) is 23.5 Å². The molecule has 4 rings (SSSR count). The predicted molar refractivity (Wildman–Crippen MR) is 107 cm³/mol. The van der Waals surface area contributed by atoms with Gasteiger partial charge in [0.25, 0.3) is 0 Å². The number of methoxy groups -OCH3 is 2. The molecule has 0 saturated carbocycles. The number of nitrogens with one attached hydrogen (secondary N) is 1. The smallest absolute Gasteiger partial charge is 0.225 e. The number of hydrogen-bond donors (Lipinski definition) is 1. The lowest BCUT2D eigenvalue weighted by atomic mass is 9.84. The second kappa shape index (κ2) is 7.16. The summed E-state index contributed by atoms with van der Waals surface area (Å²) in [5, 5.41) is 2.95. The second-order valence-electron chi connectivity index (χ2n) is 6.59. The molecule has 3 aromatic rings. The molecule has 1 atom stereocenters. The van der Waals surface area contributed by atoms with E-state index in [0.29, 0.717) is 17.9 Å². The topological polar surface area (TPSA) is 47.6 Å². The maximum atomic E-state index is 12.3. The van der Waals surface area contributed by atoms with E-state index in [9.17, 15) is 4.79 Å². The van der Waals surface area contributed by atoms with E-state index >= 15 is 0 Å². The third kappa shape index (κ3) is 3.26. The predicted octanol–water partition coefficient (Wildman–Crippen LogP) is 4.84. The fourth-order valence-electron chi connectivity index (χ4n) is 3.62. The van der Waals surface area contributed by atoms with E-state index in [1.807, 2.05) is 30.3 Å². The molecule has 27 heavy (non-hydrogen) atoms. The minimum absolute atomic E-state index is 0.00635. The first-order valence-electron chi connectivity index (χ1n) is 8.90. The van der Waals surface area contributed by atoms with Crippen molar-refractivity contribution in [2.45, 2.75) is 12.3 Å². The number of carbonyl (C=O) groups excluding carboxylic acids is 1. The Kier molecular flexibility index (Phi) is 4.55. The molecule has 0 unspecified atom stereocenters. The van der Waals surface area contributed by atoms with Gasteiger partial charge < -0.3 is 14.8 Å². The Morgan fingerprint density at radius 1 is 0.852 bits per heavy atom. The Balaban J connectivity index is 1.73. The standard InChI is InChI=1S/C23H21NO3/c1-26-21-12-19-18(13-23(25)24-20(19)14-22(21)27-2)17-10-8-16(9-11-17)15-6-4-3-5-7-15/h3-12,14,18H,13H2,1-2H3,(H,24,25)/t18-/m1/s1. The number of hydrogen-bond acceptors (Lipinski definition) is 3. The molecule has 1 N–H and O–H groups in total. The Morgan fingerprint density at radius 2 is 1.48 bits per heavy atom. The van der Waals surface area contributed by atoms with Gasteiger partial charge in [0.1, 0.15) is 0 Å². The summed E-state index contributed by atoms with van der Waals surface area (Å²) in [6.45, 7) is 0. The van der Waals surface area contributed by atoms with Crippen molar-refractivity contribution in [1.29, 1.82) is 0 Å². The third-order valence-electron chi connectivity index (χ3n) is 5.01. The van der Waals surface area contributed by atoms with Crippen molar-refractivity contribution in [3.63, 3.8) is 0 Å². The van der Waals surface area contributed by atoms with Crippen molar-refractivity contribution in [3.05, 3.63) is 77.9 Å². The molecule has 4 heteroatoms. The lowest BCUT2D eigenvalue weighted by molar-refractivity contribution is -0.116. The van der Waals surface area contributed by atoms with Crippen LogP contribution in [0, 0.1) is 0 Å². The van der Waals surface area contributed by atoms with Gasteiger partial charge in [0, 0.05) is 24.1 Å². The highest BCUT2D eigenvalue weighted by Crippen LogP contribution is 2.43. The highest BCUT2D eigenvalue weighted by molar-refractivity contribution is 5.96. The molecule has 1 aliphatic heterocycles. The number of amides is 1. The average Bonchev–Trinajstić information content (AvgIpc) is 2.73. The fraction of sp³-hybridized carbons (Fsp3) is 0.174. The normalized spacial score (nSPS) is 15.6. The van der Waals surface area contributed by atoms with Crippen LogP contribution in [0.3, 0.4) is 0 Å². The van der Waals surface area contributed by atoms with Gasteiger partial charge in [-0.2, -0.15) is 0 Å². The minimum Gasteiger partial charge on any atom is -0.493 e.